The van der Waals surface area contributed by atoms with Crippen molar-refractivity contribution in [1.82, 2.24) is 10.2 Å². The molecular weight excluding hydrogens is 621 g/mol. The summed E-state index contributed by atoms with van der Waals surface area (Å²) in [6.45, 7) is 8.12. The molecular formula is C30H34Cl3N3O5S. The summed E-state index contributed by atoms with van der Waals surface area (Å²) in [6.07, 6.45) is 0. The monoisotopic (exact) mass is 653 g/mol. The normalized spacial score (nSPS) is 12.4. The highest BCUT2D eigenvalue weighted by Crippen LogP contribution is 2.35. The molecule has 2 amide bonds. The van der Waals surface area contributed by atoms with Gasteiger partial charge in [0.05, 0.1) is 17.7 Å². The van der Waals surface area contributed by atoms with E-state index in [0.717, 1.165) is 9.87 Å². The maximum atomic E-state index is 14.1. The van der Waals surface area contributed by atoms with Crippen molar-refractivity contribution in [3.63, 3.8) is 0 Å². The van der Waals surface area contributed by atoms with Gasteiger partial charge in [0.15, 0.2) is 0 Å². The van der Waals surface area contributed by atoms with E-state index in [1.165, 1.54) is 42.3 Å². The Labute approximate surface area is 262 Å². The van der Waals surface area contributed by atoms with Gasteiger partial charge in [0.1, 0.15) is 18.3 Å². The number of carbonyl (C=O) groups excluding carboxylic acids is 2. The maximum Gasteiger partial charge on any atom is 0.264 e. The van der Waals surface area contributed by atoms with Gasteiger partial charge in [-0.15, -0.1) is 0 Å². The number of methoxy groups -OCH3 is 1. The molecule has 8 nitrogen and oxygen atoms in total. The van der Waals surface area contributed by atoms with E-state index >= 15 is 0 Å². The fraction of sp³-hybridized carbons (Fsp3) is 0.333. The molecule has 0 aliphatic carbocycles. The second-order valence-electron chi connectivity index (χ2n) is 10.8. The van der Waals surface area contributed by atoms with Crippen molar-refractivity contribution in [2.45, 2.75) is 57.6 Å². The van der Waals surface area contributed by atoms with Gasteiger partial charge < -0.3 is 15.0 Å². The van der Waals surface area contributed by atoms with Crippen molar-refractivity contribution in [3.05, 3.63) is 86.9 Å². The molecule has 0 bridgehead atoms. The Hall–Kier alpha value is -2.98. The van der Waals surface area contributed by atoms with E-state index in [1.807, 2.05) is 27.7 Å². The van der Waals surface area contributed by atoms with E-state index < -0.39 is 40.0 Å². The molecule has 0 spiro atoms. The molecule has 3 rings (SSSR count). The topological polar surface area (TPSA) is 96.0 Å². The van der Waals surface area contributed by atoms with Crippen molar-refractivity contribution >= 4 is 62.3 Å². The lowest BCUT2D eigenvalue weighted by Crippen LogP contribution is -2.54. The Bertz CT molecular complexity index is 1560. The van der Waals surface area contributed by atoms with Gasteiger partial charge in [0, 0.05) is 27.2 Å². The van der Waals surface area contributed by atoms with E-state index in [4.69, 9.17) is 39.5 Å². The summed E-state index contributed by atoms with van der Waals surface area (Å²) >= 11 is 18.8. The second-order valence-corrected chi connectivity index (χ2v) is 14.0. The molecule has 0 saturated carbocycles. The quantitative estimate of drug-likeness (QED) is 0.270. The highest BCUT2D eigenvalue weighted by Gasteiger charge is 2.35. The summed E-state index contributed by atoms with van der Waals surface area (Å²) < 4.78 is 34.5. The lowest BCUT2D eigenvalue weighted by molar-refractivity contribution is -0.140. The summed E-state index contributed by atoms with van der Waals surface area (Å²) in [5, 5.41) is 3.82. The summed E-state index contributed by atoms with van der Waals surface area (Å²) in [5.41, 5.74) is 0.877. The smallest absolute Gasteiger partial charge is 0.264 e. The average Bonchev–Trinajstić information content (AvgIpc) is 2.90. The van der Waals surface area contributed by atoms with Gasteiger partial charge in [-0.1, -0.05) is 58.6 Å². The Balaban J connectivity index is 2.13. The number of hydrogen-bond donors (Lipinski definition) is 1. The first-order valence-electron chi connectivity index (χ1n) is 13.0. The minimum atomic E-state index is -4.31. The highest BCUT2D eigenvalue weighted by atomic mass is 35.5. The zero-order chi connectivity index (χ0) is 31.4. The van der Waals surface area contributed by atoms with E-state index in [2.05, 4.69) is 5.32 Å². The Morgan fingerprint density at radius 2 is 1.55 bits per heavy atom. The Morgan fingerprint density at radius 1 is 0.952 bits per heavy atom. The number of halogens is 3. The molecule has 3 aromatic carbocycles. The van der Waals surface area contributed by atoms with Gasteiger partial charge in [0.2, 0.25) is 11.8 Å². The highest BCUT2D eigenvalue weighted by molar-refractivity contribution is 7.92. The molecule has 0 aliphatic heterocycles. The number of amides is 2. The third-order valence-corrected chi connectivity index (χ3v) is 8.91. The van der Waals surface area contributed by atoms with Crippen LogP contribution in [0.3, 0.4) is 0 Å². The molecule has 0 saturated heterocycles. The van der Waals surface area contributed by atoms with E-state index in [0.29, 0.717) is 15.6 Å². The zero-order valence-electron chi connectivity index (χ0n) is 24.2. The lowest BCUT2D eigenvalue weighted by Gasteiger charge is -2.34. The molecule has 1 unspecified atom stereocenters. The third kappa shape index (κ3) is 8.31. The minimum absolute atomic E-state index is 0.0336. The first-order chi connectivity index (χ1) is 19.5. The molecule has 0 radical (unpaired) electrons. The Morgan fingerprint density at radius 3 is 2.12 bits per heavy atom. The molecule has 0 aliphatic rings. The van der Waals surface area contributed by atoms with Crippen molar-refractivity contribution in [2.24, 2.45) is 0 Å². The molecule has 42 heavy (non-hydrogen) atoms. The standard InChI is InChI=1S/C30H34Cl3N3O5S/c1-19-7-12-24(13-8-19)42(39,40)36(26-16-23(32)11-14-27(26)41-6)18-28(37)35(20(2)29(38)34-30(3,4)5)17-21-9-10-22(31)15-25(21)33/h7-16,20H,17-18H2,1-6H3,(H,34,38). The lowest BCUT2D eigenvalue weighted by atomic mass is 10.1. The van der Waals surface area contributed by atoms with Crippen molar-refractivity contribution in [3.8, 4) is 5.75 Å². The van der Waals surface area contributed by atoms with Gasteiger partial charge in [-0.2, -0.15) is 0 Å². The summed E-state index contributed by atoms with van der Waals surface area (Å²) in [7, 11) is -2.92. The Kier molecular flexibility index (Phi) is 10.8. The number of hydrogen-bond acceptors (Lipinski definition) is 5. The van der Waals surface area contributed by atoms with Gasteiger partial charge in [-0.3, -0.25) is 13.9 Å². The van der Waals surface area contributed by atoms with Gasteiger partial charge in [-0.25, -0.2) is 8.42 Å². The second kappa shape index (κ2) is 13.5. The van der Waals surface area contributed by atoms with Crippen LogP contribution in [0, 0.1) is 6.92 Å². The summed E-state index contributed by atoms with van der Waals surface area (Å²) in [4.78, 5) is 28.6. The van der Waals surface area contributed by atoms with Crippen LogP contribution < -0.4 is 14.4 Å². The number of nitrogens with zero attached hydrogens (tertiary/aromatic N) is 2. The molecule has 0 heterocycles. The first kappa shape index (κ1) is 33.5. The van der Waals surface area contributed by atoms with Crippen LogP contribution in [-0.4, -0.2) is 50.4 Å². The van der Waals surface area contributed by atoms with E-state index in [-0.39, 0.29) is 27.9 Å². The van der Waals surface area contributed by atoms with Crippen molar-refractivity contribution in [1.29, 1.82) is 0 Å². The zero-order valence-corrected chi connectivity index (χ0v) is 27.3. The van der Waals surface area contributed by atoms with Crippen LogP contribution in [0.15, 0.2) is 65.6 Å². The summed E-state index contributed by atoms with van der Waals surface area (Å²) in [5.74, 6) is -0.891. The average molecular weight is 655 g/mol. The molecule has 0 fully saturated rings. The van der Waals surface area contributed by atoms with Gasteiger partial charge in [0.25, 0.3) is 10.0 Å². The fourth-order valence-corrected chi connectivity index (χ4v) is 6.15. The number of ether oxygens (including phenoxy) is 1. The number of anilines is 1. The van der Waals surface area contributed by atoms with E-state index in [1.54, 1.807) is 37.3 Å². The molecule has 0 aromatic heterocycles. The number of rotatable bonds is 10. The van der Waals surface area contributed by atoms with Gasteiger partial charge >= 0.3 is 0 Å². The molecule has 1 N–H and O–H groups in total. The summed E-state index contributed by atoms with van der Waals surface area (Å²) in [6, 6.07) is 14.5. The largest absolute Gasteiger partial charge is 0.495 e. The van der Waals surface area contributed by atoms with Crippen LogP contribution in [0.5, 0.6) is 5.75 Å². The number of aryl methyl sites for hydroxylation is 1. The fourth-order valence-electron chi connectivity index (χ4n) is 4.10. The minimum Gasteiger partial charge on any atom is -0.495 e. The SMILES string of the molecule is COc1ccc(Cl)cc1N(CC(=O)N(Cc1ccc(Cl)cc1Cl)C(C)C(=O)NC(C)(C)C)S(=O)(=O)c1ccc(C)cc1. The number of benzene rings is 3. The molecule has 12 heteroatoms. The van der Waals surface area contributed by atoms with Gasteiger partial charge in [-0.05, 0) is 82.6 Å². The van der Waals surface area contributed by atoms with Crippen LogP contribution in [0.4, 0.5) is 5.69 Å². The number of nitrogens with one attached hydrogen (secondary N) is 1. The van der Waals surface area contributed by atoms with Crippen LogP contribution in [0.2, 0.25) is 15.1 Å². The van der Waals surface area contributed by atoms with Crippen molar-refractivity contribution < 1.29 is 22.7 Å². The van der Waals surface area contributed by atoms with E-state index in [9.17, 15) is 18.0 Å². The third-order valence-electron chi connectivity index (χ3n) is 6.32. The predicted octanol–water partition coefficient (Wildman–Crippen LogP) is 6.49. The predicted molar refractivity (Wildman–Crippen MR) is 168 cm³/mol. The molecule has 3 aromatic rings. The first-order valence-corrected chi connectivity index (χ1v) is 15.6. The van der Waals surface area contributed by atoms with Crippen LogP contribution in [-0.2, 0) is 26.2 Å². The van der Waals surface area contributed by atoms with Crippen LogP contribution >= 0.6 is 34.8 Å². The molecule has 1 atom stereocenters. The molecule has 226 valence electrons. The van der Waals surface area contributed by atoms with Crippen molar-refractivity contribution in [2.75, 3.05) is 18.0 Å². The van der Waals surface area contributed by atoms with Crippen LogP contribution in [0.1, 0.15) is 38.8 Å². The number of sulfonamides is 1. The number of carbonyl (C=O) groups is 2. The maximum absolute atomic E-state index is 14.1. The van der Waals surface area contributed by atoms with Crippen LogP contribution in [0.25, 0.3) is 0 Å².